The number of alkyl halides is 5. The maximum Gasteiger partial charge on any atom is 0.475 e. The molecule has 18 atom stereocenters. The largest absolute Gasteiger partial charge is 0.475 e. The van der Waals surface area contributed by atoms with Crippen molar-refractivity contribution < 1.29 is 75.0 Å². The third kappa shape index (κ3) is 17.5. The Morgan fingerprint density at radius 3 is 2.25 bits per heavy atom. The Kier molecular flexibility index (Phi) is 24.0. The van der Waals surface area contributed by atoms with Gasteiger partial charge in [0, 0.05) is 82.6 Å². The molecule has 5 N–H and O–H groups in total. The van der Waals surface area contributed by atoms with E-state index in [0.717, 1.165) is 12.1 Å². The van der Waals surface area contributed by atoms with Gasteiger partial charge in [-0.2, -0.15) is 18.3 Å². The van der Waals surface area contributed by atoms with Gasteiger partial charge in [-0.3, -0.25) is 9.79 Å². The molecule has 4 rings (SSSR count). The Balaban J connectivity index is 1.59. The van der Waals surface area contributed by atoms with Crippen molar-refractivity contribution in [2.24, 2.45) is 27.8 Å². The monoisotopic (exact) mass is 1180 g/mol. The number of methoxy groups -OCH3 is 2. The van der Waals surface area contributed by atoms with Crippen molar-refractivity contribution in [3.63, 3.8) is 0 Å². The zero-order valence-electron chi connectivity index (χ0n) is 44.4. The first-order chi connectivity index (χ1) is 34.0. The van der Waals surface area contributed by atoms with Crippen LogP contribution in [0.15, 0.2) is 39.3 Å². The summed E-state index contributed by atoms with van der Waals surface area (Å²) in [7, 11) is 3.49. The standard InChI is InChI=1S/C50H82F4IN5O12S/c1-13-40-48(8,63)45(61)33(6)60(10)28-29(2)23-49(55,64)41(22-39(32(5)46(62)72-40)70-43-25-47(7,67-12)24-31(4)69-43)71-42-21-36(20-30(3)68-42)59(9)19-18-35(58-56)27-57-38(26-51)44(66-11)34-14-16-37(17-15-34)73(65)50(52,53)54/h14-17,27,29-33,36,38-45,61,63-64H,13,18-26,28,56H2,1-12H3/t29-,30-,31+,32-,33-,36+,38-,39+,40-,41-,42+,43+,44-,45-,47+,48-,49-,73?/m1/s1. The lowest BCUT2D eigenvalue weighted by Crippen LogP contribution is -2.59. The van der Waals surface area contributed by atoms with Crippen molar-refractivity contribution >= 4 is 51.3 Å². The molecule has 0 saturated carbocycles. The van der Waals surface area contributed by atoms with Gasteiger partial charge in [-0.15, -0.1) is 0 Å². The third-order valence-corrected chi connectivity index (χ3v) is 17.0. The smallest absolute Gasteiger partial charge is 0.459 e. The number of hydrazone groups is 1. The molecule has 3 fully saturated rings. The highest BCUT2D eigenvalue weighted by atomic mass is 127. The lowest BCUT2D eigenvalue weighted by molar-refractivity contribution is -0.273. The number of benzene rings is 1. The SMILES string of the molecule is CC[C@H]1OC(=O)[C@H](C)[C@@H](O[C@H]2C[C@@](C)(OC)C[C@H](C)O2)C[C@@H](O[C@H]2C[C@@H](N(C)CCC(C=N[C@H](CF)[C@H](OC)c3ccc(S(=O)C(F)(F)F)cc3)=NN)C[C@@H](C)O2)[C@@](O)(I)C[C@@H](C)CN(C)[C@H](C)[C@@H](O)[C@]1(C)O. The number of rotatable bonds is 17. The first-order valence-electron chi connectivity index (χ1n) is 25.1. The number of carbonyl (C=O) groups is 1. The van der Waals surface area contributed by atoms with Gasteiger partial charge in [-0.05, 0) is 121 Å². The summed E-state index contributed by atoms with van der Waals surface area (Å²) in [5.41, 5.74) is -6.66. The van der Waals surface area contributed by atoms with Gasteiger partial charge < -0.3 is 64.1 Å². The van der Waals surface area contributed by atoms with Crippen molar-refractivity contribution in [3.05, 3.63) is 29.8 Å². The fraction of sp³-hybridized carbons (Fsp3) is 0.820. The average molecular weight is 1180 g/mol. The number of esters is 1. The highest BCUT2D eigenvalue weighted by Crippen LogP contribution is 2.40. The Labute approximate surface area is 445 Å². The van der Waals surface area contributed by atoms with Gasteiger partial charge in [-0.1, -0.05) is 26.0 Å². The number of nitrogens with two attached hydrogens (primary N) is 1. The summed E-state index contributed by atoms with van der Waals surface area (Å²) in [5, 5.41) is 39.9. The Bertz CT molecular complexity index is 1980. The third-order valence-electron chi connectivity index (χ3n) is 14.7. The first-order valence-corrected chi connectivity index (χ1v) is 27.3. The van der Waals surface area contributed by atoms with E-state index in [4.69, 9.17) is 39.0 Å². The summed E-state index contributed by atoms with van der Waals surface area (Å²) < 4.78 is 108. The van der Waals surface area contributed by atoms with E-state index in [2.05, 4.69) is 15.0 Å². The summed E-state index contributed by atoms with van der Waals surface area (Å²) in [6.07, 6.45) is -3.41. The van der Waals surface area contributed by atoms with Crippen molar-refractivity contribution in [1.82, 2.24) is 9.80 Å². The molecule has 17 nitrogen and oxygen atoms in total. The zero-order chi connectivity index (χ0) is 54.8. The molecule has 23 heteroatoms. The molecule has 0 aromatic heterocycles. The van der Waals surface area contributed by atoms with Crippen LogP contribution in [0.2, 0.25) is 0 Å². The topological polar surface area (TPSA) is 217 Å². The van der Waals surface area contributed by atoms with Gasteiger partial charge >= 0.3 is 11.5 Å². The molecule has 73 heavy (non-hydrogen) atoms. The van der Waals surface area contributed by atoms with Crippen molar-refractivity contribution in [1.29, 1.82) is 0 Å². The predicted octanol–water partition coefficient (Wildman–Crippen LogP) is 6.58. The quantitative estimate of drug-likeness (QED) is 0.0246. The number of cyclic esters (lactones) is 1. The van der Waals surface area contributed by atoms with E-state index in [1.807, 2.05) is 69.3 Å². The second-order valence-corrected chi connectivity index (χ2v) is 24.2. The Morgan fingerprint density at radius 2 is 1.67 bits per heavy atom. The molecule has 0 spiro atoms. The number of hydrogen-bond donors (Lipinski definition) is 4. The molecule has 0 amide bonds. The van der Waals surface area contributed by atoms with Crippen LogP contribution in [0.4, 0.5) is 17.6 Å². The molecule has 1 aromatic rings. The minimum atomic E-state index is -4.93. The Morgan fingerprint density at radius 1 is 1.03 bits per heavy atom. The maximum atomic E-state index is 14.5. The minimum Gasteiger partial charge on any atom is -0.459 e. The normalized spacial score (nSPS) is 37.6. The molecule has 0 bridgehead atoms. The molecule has 3 aliphatic rings. The molecule has 0 aliphatic carbocycles. The average Bonchev–Trinajstić information content (AvgIpc) is 3.32. The van der Waals surface area contributed by atoms with Gasteiger partial charge in [0.2, 0.25) is 0 Å². The highest BCUT2D eigenvalue weighted by molar-refractivity contribution is 14.1. The summed E-state index contributed by atoms with van der Waals surface area (Å²) in [4.78, 5) is 22.2. The van der Waals surface area contributed by atoms with Crippen molar-refractivity contribution in [2.45, 2.75) is 205 Å². The second kappa shape index (κ2) is 27.5. The van der Waals surface area contributed by atoms with Crippen LogP contribution in [0.25, 0.3) is 0 Å². The zero-order valence-corrected chi connectivity index (χ0v) is 47.4. The van der Waals surface area contributed by atoms with E-state index < -0.39 is 110 Å². The summed E-state index contributed by atoms with van der Waals surface area (Å²) in [6.45, 7) is 14.4. The van der Waals surface area contributed by atoms with E-state index >= 15 is 0 Å². The Hall–Kier alpha value is -2.01. The lowest BCUT2D eigenvalue weighted by atomic mass is 9.86. The van der Waals surface area contributed by atoms with Crippen LogP contribution in [0.1, 0.15) is 118 Å². The van der Waals surface area contributed by atoms with Gasteiger partial charge in [0.15, 0.2) is 23.4 Å². The molecule has 420 valence electrons. The number of aliphatic hydroxyl groups is 3. The molecule has 3 saturated heterocycles. The van der Waals surface area contributed by atoms with Crippen LogP contribution >= 0.6 is 22.6 Å². The number of hydrogen-bond acceptors (Lipinski definition) is 17. The van der Waals surface area contributed by atoms with Crippen molar-refractivity contribution in [3.8, 4) is 0 Å². The molecule has 0 radical (unpaired) electrons. The number of likely N-dealkylation sites (N-methyl/N-ethyl adjacent to an activating group) is 1. The lowest BCUT2D eigenvalue weighted by Gasteiger charge is -2.44. The van der Waals surface area contributed by atoms with E-state index in [9.17, 15) is 41.9 Å². The number of aliphatic imine (C=N–C) groups is 1. The fourth-order valence-corrected chi connectivity index (χ4v) is 12.0. The molecular formula is C50H82F4IN5O12S. The summed E-state index contributed by atoms with van der Waals surface area (Å²) in [5.74, 6) is 3.98. The number of carbonyl (C=O) groups excluding carboxylic acids is 1. The van der Waals surface area contributed by atoms with Gasteiger partial charge in [0.25, 0.3) is 0 Å². The van der Waals surface area contributed by atoms with E-state index in [1.165, 1.54) is 32.4 Å². The van der Waals surface area contributed by atoms with Gasteiger partial charge in [0.1, 0.15) is 46.3 Å². The maximum absolute atomic E-state index is 14.5. The molecule has 3 heterocycles. The van der Waals surface area contributed by atoms with Crippen LogP contribution in [0.5, 0.6) is 0 Å². The number of nitrogens with zero attached hydrogens (tertiary/aromatic N) is 4. The van der Waals surface area contributed by atoms with Crippen LogP contribution in [0, 0.1) is 11.8 Å². The minimum absolute atomic E-state index is 0.000900. The first kappa shape index (κ1) is 63.5. The fourth-order valence-electron chi connectivity index (χ4n) is 10.2. The van der Waals surface area contributed by atoms with E-state index in [-0.39, 0.29) is 43.4 Å². The van der Waals surface area contributed by atoms with Crippen LogP contribution in [-0.4, -0.2) is 183 Å². The van der Waals surface area contributed by atoms with Crippen LogP contribution < -0.4 is 5.84 Å². The van der Waals surface area contributed by atoms with Gasteiger partial charge in [-0.25, -0.2) is 8.60 Å². The number of halogens is 5. The summed E-state index contributed by atoms with van der Waals surface area (Å²) in [6, 6.07) is 2.93. The van der Waals surface area contributed by atoms with Gasteiger partial charge in [0.05, 0.1) is 35.5 Å². The molecule has 1 unspecified atom stereocenters. The van der Waals surface area contributed by atoms with Crippen molar-refractivity contribution in [2.75, 3.05) is 48.1 Å². The highest BCUT2D eigenvalue weighted by Gasteiger charge is 2.49. The van der Waals surface area contributed by atoms with Crippen LogP contribution in [0.3, 0.4) is 0 Å². The number of aliphatic hydroxyl groups excluding tert-OH is 1. The van der Waals surface area contributed by atoms with E-state index in [0.29, 0.717) is 56.5 Å². The number of ether oxygens (including phenoxy) is 7. The predicted molar refractivity (Wildman–Crippen MR) is 277 cm³/mol. The summed E-state index contributed by atoms with van der Waals surface area (Å²) >= 11 is 2.02. The molecule has 3 aliphatic heterocycles. The molecular weight excluding hydrogens is 1100 g/mol. The molecule has 1 aromatic carbocycles. The van der Waals surface area contributed by atoms with E-state index in [1.54, 1.807) is 27.9 Å². The van der Waals surface area contributed by atoms with Crippen LogP contribution in [-0.2, 0) is 48.8 Å². The second-order valence-electron chi connectivity index (χ2n) is 20.9.